The first kappa shape index (κ1) is 15.7. The Morgan fingerprint density at radius 1 is 1.32 bits per heavy atom. The Hall–Kier alpha value is -2.86. The number of furan rings is 1. The number of benzene rings is 1. The molecule has 1 N–H and O–H groups in total. The summed E-state index contributed by atoms with van der Waals surface area (Å²) in [6.45, 7) is 2.28. The summed E-state index contributed by atoms with van der Waals surface area (Å²) < 4.78 is 10.6. The number of methoxy groups -OCH3 is 1. The first-order chi connectivity index (χ1) is 12.2. The Morgan fingerprint density at radius 3 is 3.04 bits per heavy atom. The molecule has 0 spiro atoms. The second kappa shape index (κ2) is 6.57. The van der Waals surface area contributed by atoms with Crippen LogP contribution in [0.1, 0.15) is 16.8 Å². The van der Waals surface area contributed by atoms with Crippen LogP contribution in [0.2, 0.25) is 0 Å². The Bertz CT molecular complexity index is 878. The van der Waals surface area contributed by atoms with Gasteiger partial charge in [-0.3, -0.25) is 4.90 Å². The molecule has 128 valence electrons. The summed E-state index contributed by atoms with van der Waals surface area (Å²) in [7, 11) is 1.63. The quantitative estimate of drug-likeness (QED) is 0.789. The van der Waals surface area contributed by atoms with Crippen molar-refractivity contribution in [1.29, 1.82) is 0 Å². The van der Waals surface area contributed by atoms with Crippen LogP contribution in [0.5, 0.6) is 11.5 Å². The lowest BCUT2D eigenvalue weighted by atomic mass is 10.1. The van der Waals surface area contributed by atoms with Gasteiger partial charge in [0.1, 0.15) is 11.5 Å². The van der Waals surface area contributed by atoms with Gasteiger partial charge in [-0.15, -0.1) is 0 Å². The van der Waals surface area contributed by atoms with E-state index in [-0.39, 0.29) is 5.75 Å². The molecule has 0 atom stereocenters. The van der Waals surface area contributed by atoms with Gasteiger partial charge in [-0.05, 0) is 30.3 Å². The number of nitrogens with zero attached hydrogens (tertiary/aromatic N) is 3. The van der Waals surface area contributed by atoms with Gasteiger partial charge in [0.05, 0.1) is 19.1 Å². The number of aromatic hydroxyl groups is 1. The van der Waals surface area contributed by atoms with Gasteiger partial charge in [-0.1, -0.05) is 0 Å². The maximum Gasteiger partial charge on any atom is 0.195 e. The van der Waals surface area contributed by atoms with Gasteiger partial charge < -0.3 is 14.3 Å². The third-order valence-corrected chi connectivity index (χ3v) is 4.44. The van der Waals surface area contributed by atoms with Crippen molar-refractivity contribution in [3.63, 3.8) is 0 Å². The van der Waals surface area contributed by atoms with Crippen molar-refractivity contribution in [3.8, 4) is 23.1 Å². The van der Waals surface area contributed by atoms with Crippen LogP contribution in [0.25, 0.3) is 11.6 Å². The molecule has 1 aliphatic rings. The SMILES string of the molecule is COc1ccc(O)c(CN2CCc3nc(-c4ccco4)ncc3C2)c1. The molecule has 0 unspecified atom stereocenters. The predicted octanol–water partition coefficient (Wildman–Crippen LogP) is 3.01. The highest BCUT2D eigenvalue weighted by molar-refractivity contribution is 5.47. The monoisotopic (exact) mass is 337 g/mol. The molecule has 0 aliphatic carbocycles. The van der Waals surface area contributed by atoms with E-state index in [4.69, 9.17) is 9.15 Å². The lowest BCUT2D eigenvalue weighted by Gasteiger charge is -2.28. The molecule has 0 amide bonds. The van der Waals surface area contributed by atoms with Gasteiger partial charge in [-0.2, -0.15) is 0 Å². The first-order valence-electron chi connectivity index (χ1n) is 8.20. The van der Waals surface area contributed by atoms with E-state index < -0.39 is 0 Å². The van der Waals surface area contributed by atoms with Crippen molar-refractivity contribution in [2.24, 2.45) is 0 Å². The summed E-state index contributed by atoms with van der Waals surface area (Å²) in [5.41, 5.74) is 3.03. The fourth-order valence-corrected chi connectivity index (χ4v) is 3.09. The maximum atomic E-state index is 10.1. The Labute approximate surface area is 145 Å². The van der Waals surface area contributed by atoms with E-state index in [9.17, 15) is 5.11 Å². The van der Waals surface area contributed by atoms with Gasteiger partial charge in [0, 0.05) is 43.4 Å². The zero-order chi connectivity index (χ0) is 17.2. The molecule has 6 nitrogen and oxygen atoms in total. The van der Waals surface area contributed by atoms with Crippen molar-refractivity contribution < 1.29 is 14.3 Å². The molecule has 4 rings (SSSR count). The molecule has 0 bridgehead atoms. The van der Waals surface area contributed by atoms with Crippen LogP contribution >= 0.6 is 0 Å². The highest BCUT2D eigenvalue weighted by Crippen LogP contribution is 2.27. The normalized spacial score (nSPS) is 14.3. The maximum absolute atomic E-state index is 10.1. The van der Waals surface area contributed by atoms with E-state index in [1.165, 1.54) is 0 Å². The standard InChI is InChI=1S/C19H19N3O3/c1-24-15-4-5-17(23)13(9-15)11-22-7-6-16-14(12-22)10-20-19(21-16)18-3-2-8-25-18/h2-5,8-10,23H,6-7,11-12H2,1H3. The van der Waals surface area contributed by atoms with Gasteiger partial charge in [0.25, 0.3) is 0 Å². The molecule has 0 radical (unpaired) electrons. The predicted molar refractivity (Wildman–Crippen MR) is 92.2 cm³/mol. The number of hydrogen-bond donors (Lipinski definition) is 1. The summed E-state index contributed by atoms with van der Waals surface area (Å²) in [6, 6.07) is 9.00. The molecule has 1 aromatic carbocycles. The molecular formula is C19H19N3O3. The molecule has 0 fully saturated rings. The average Bonchev–Trinajstić information content (AvgIpc) is 3.18. The molecule has 2 aromatic heterocycles. The molecule has 0 saturated carbocycles. The third kappa shape index (κ3) is 3.21. The molecule has 25 heavy (non-hydrogen) atoms. The number of aromatic nitrogens is 2. The summed E-state index contributed by atoms with van der Waals surface area (Å²) in [6.07, 6.45) is 4.34. The van der Waals surface area contributed by atoms with Crippen LogP contribution in [0, 0.1) is 0 Å². The second-order valence-electron chi connectivity index (χ2n) is 6.10. The Balaban J connectivity index is 1.52. The van der Waals surface area contributed by atoms with E-state index in [0.717, 1.165) is 42.1 Å². The Kier molecular flexibility index (Phi) is 4.11. The van der Waals surface area contributed by atoms with E-state index >= 15 is 0 Å². The summed E-state index contributed by atoms with van der Waals surface area (Å²) in [5, 5.41) is 10.1. The van der Waals surface area contributed by atoms with Gasteiger partial charge in [0.15, 0.2) is 11.6 Å². The summed E-state index contributed by atoms with van der Waals surface area (Å²) in [5.74, 6) is 2.35. The zero-order valence-electron chi connectivity index (χ0n) is 14.0. The fraction of sp³-hybridized carbons (Fsp3) is 0.263. The van der Waals surface area contributed by atoms with Crippen molar-refractivity contribution in [2.45, 2.75) is 19.5 Å². The van der Waals surface area contributed by atoms with Gasteiger partial charge in [0.2, 0.25) is 0 Å². The number of ether oxygens (including phenoxy) is 1. The van der Waals surface area contributed by atoms with Crippen LogP contribution in [0.4, 0.5) is 0 Å². The first-order valence-corrected chi connectivity index (χ1v) is 8.20. The number of rotatable bonds is 4. The van der Waals surface area contributed by atoms with E-state index in [1.807, 2.05) is 24.4 Å². The van der Waals surface area contributed by atoms with Gasteiger partial charge >= 0.3 is 0 Å². The lowest BCUT2D eigenvalue weighted by Crippen LogP contribution is -2.31. The van der Waals surface area contributed by atoms with Crippen molar-refractivity contribution in [2.75, 3.05) is 13.7 Å². The van der Waals surface area contributed by atoms with Crippen LogP contribution in [0.15, 0.2) is 47.2 Å². The zero-order valence-corrected chi connectivity index (χ0v) is 14.0. The smallest absolute Gasteiger partial charge is 0.195 e. The minimum Gasteiger partial charge on any atom is -0.508 e. The van der Waals surface area contributed by atoms with Crippen LogP contribution in [-0.2, 0) is 19.5 Å². The largest absolute Gasteiger partial charge is 0.508 e. The molecular weight excluding hydrogens is 318 g/mol. The summed E-state index contributed by atoms with van der Waals surface area (Å²) >= 11 is 0. The lowest BCUT2D eigenvalue weighted by molar-refractivity contribution is 0.239. The van der Waals surface area contributed by atoms with E-state index in [1.54, 1.807) is 25.5 Å². The highest BCUT2D eigenvalue weighted by Gasteiger charge is 2.20. The van der Waals surface area contributed by atoms with E-state index in [2.05, 4.69) is 14.9 Å². The Morgan fingerprint density at radius 2 is 2.24 bits per heavy atom. The topological polar surface area (TPSA) is 71.6 Å². The van der Waals surface area contributed by atoms with Crippen molar-refractivity contribution in [1.82, 2.24) is 14.9 Å². The molecule has 6 heteroatoms. The number of phenolic OH excluding ortho intramolecular Hbond substituents is 1. The molecule has 3 heterocycles. The van der Waals surface area contributed by atoms with Crippen molar-refractivity contribution >= 4 is 0 Å². The average molecular weight is 337 g/mol. The second-order valence-corrected chi connectivity index (χ2v) is 6.10. The summed E-state index contributed by atoms with van der Waals surface area (Å²) in [4.78, 5) is 11.3. The minimum absolute atomic E-state index is 0.288. The number of phenols is 1. The van der Waals surface area contributed by atoms with Crippen LogP contribution in [0.3, 0.4) is 0 Å². The number of hydrogen-bond acceptors (Lipinski definition) is 6. The number of fused-ring (bicyclic) bond motifs is 1. The van der Waals surface area contributed by atoms with Crippen LogP contribution < -0.4 is 4.74 Å². The minimum atomic E-state index is 0.288. The fourth-order valence-electron chi connectivity index (χ4n) is 3.09. The molecule has 1 aliphatic heterocycles. The van der Waals surface area contributed by atoms with Crippen LogP contribution in [-0.4, -0.2) is 33.6 Å². The van der Waals surface area contributed by atoms with E-state index in [0.29, 0.717) is 18.1 Å². The van der Waals surface area contributed by atoms with Crippen molar-refractivity contribution in [3.05, 3.63) is 59.6 Å². The third-order valence-electron chi connectivity index (χ3n) is 4.44. The highest BCUT2D eigenvalue weighted by atomic mass is 16.5. The molecule has 0 saturated heterocycles. The van der Waals surface area contributed by atoms with Gasteiger partial charge in [-0.25, -0.2) is 9.97 Å². The molecule has 3 aromatic rings.